The average Bonchev–Trinajstić information content (AvgIpc) is 2.44. The SMILES string of the molecule is CCCCCCCc1ccc(O)cc1C(NC(C)(O)O)NC(C)(O)O. The van der Waals surface area contributed by atoms with Gasteiger partial charge in [0.05, 0.1) is 6.17 Å². The van der Waals surface area contributed by atoms with Gasteiger partial charge in [0.2, 0.25) is 11.8 Å². The second-order valence-corrected chi connectivity index (χ2v) is 6.81. The Hall–Kier alpha value is -1.22. The highest BCUT2D eigenvalue weighted by Gasteiger charge is 2.29. The quantitative estimate of drug-likeness (QED) is 0.236. The van der Waals surface area contributed by atoms with Crippen LogP contribution in [-0.4, -0.2) is 37.4 Å². The van der Waals surface area contributed by atoms with Crippen molar-refractivity contribution in [3.05, 3.63) is 29.3 Å². The van der Waals surface area contributed by atoms with Gasteiger partial charge in [0, 0.05) is 13.8 Å². The Morgan fingerprint density at radius 1 is 0.920 bits per heavy atom. The lowest BCUT2D eigenvalue weighted by Crippen LogP contribution is -2.55. The molecule has 7 N–H and O–H groups in total. The van der Waals surface area contributed by atoms with Crippen LogP contribution in [0.5, 0.6) is 5.75 Å². The molecule has 7 nitrogen and oxygen atoms in total. The summed E-state index contributed by atoms with van der Waals surface area (Å²) in [7, 11) is 0. The van der Waals surface area contributed by atoms with Gasteiger partial charge in [0.15, 0.2) is 0 Å². The minimum absolute atomic E-state index is 0.00787. The largest absolute Gasteiger partial charge is 0.508 e. The van der Waals surface area contributed by atoms with Crippen LogP contribution in [0.25, 0.3) is 0 Å². The maximum atomic E-state index is 9.82. The maximum absolute atomic E-state index is 9.82. The van der Waals surface area contributed by atoms with Gasteiger partial charge in [-0.05, 0) is 36.1 Å². The predicted octanol–water partition coefficient (Wildman–Crippen LogP) is 1.40. The number of aromatic hydroxyl groups is 1. The number of hydrogen-bond donors (Lipinski definition) is 7. The molecule has 1 rings (SSSR count). The number of phenolic OH excluding ortho intramolecular Hbond substituents is 1. The summed E-state index contributed by atoms with van der Waals surface area (Å²) in [6.45, 7) is 4.41. The second kappa shape index (κ2) is 9.47. The Morgan fingerprint density at radius 2 is 1.48 bits per heavy atom. The summed E-state index contributed by atoms with van der Waals surface area (Å²) in [4.78, 5) is 0. The smallest absolute Gasteiger partial charge is 0.220 e. The first kappa shape index (κ1) is 21.8. The monoisotopic (exact) mass is 356 g/mol. The number of unbranched alkanes of at least 4 members (excludes halogenated alkanes) is 4. The second-order valence-electron chi connectivity index (χ2n) is 6.81. The van der Waals surface area contributed by atoms with E-state index in [1.807, 2.05) is 0 Å². The molecule has 0 amide bonds. The number of phenols is 1. The molecule has 0 radical (unpaired) electrons. The van der Waals surface area contributed by atoms with E-state index < -0.39 is 18.0 Å². The summed E-state index contributed by atoms with van der Waals surface area (Å²) in [5.74, 6) is -4.48. The van der Waals surface area contributed by atoms with Crippen molar-refractivity contribution < 1.29 is 25.5 Å². The van der Waals surface area contributed by atoms with Crippen molar-refractivity contribution in [2.75, 3.05) is 0 Å². The molecule has 0 aliphatic rings. The Kier molecular flexibility index (Phi) is 8.27. The molecule has 0 saturated carbocycles. The number of aryl methyl sites for hydroxylation is 1. The molecule has 0 atom stereocenters. The van der Waals surface area contributed by atoms with Crippen molar-refractivity contribution in [2.24, 2.45) is 0 Å². The zero-order chi connectivity index (χ0) is 19.1. The van der Waals surface area contributed by atoms with E-state index in [1.165, 1.54) is 12.5 Å². The minimum atomic E-state index is -2.24. The molecular weight excluding hydrogens is 324 g/mol. The number of rotatable bonds is 11. The van der Waals surface area contributed by atoms with Gasteiger partial charge >= 0.3 is 0 Å². The molecule has 1 aromatic carbocycles. The van der Waals surface area contributed by atoms with Gasteiger partial charge in [-0.2, -0.15) is 0 Å². The van der Waals surface area contributed by atoms with Crippen molar-refractivity contribution in [1.82, 2.24) is 10.6 Å². The first-order chi connectivity index (χ1) is 11.5. The van der Waals surface area contributed by atoms with E-state index in [9.17, 15) is 25.5 Å². The van der Waals surface area contributed by atoms with Crippen LogP contribution in [0.4, 0.5) is 0 Å². The van der Waals surface area contributed by atoms with E-state index in [2.05, 4.69) is 17.6 Å². The number of benzene rings is 1. The average molecular weight is 356 g/mol. The molecule has 0 unspecified atom stereocenters. The van der Waals surface area contributed by atoms with Crippen LogP contribution >= 0.6 is 0 Å². The van der Waals surface area contributed by atoms with Crippen molar-refractivity contribution in [2.45, 2.75) is 77.3 Å². The molecule has 7 heteroatoms. The zero-order valence-corrected chi connectivity index (χ0v) is 15.3. The Bertz CT molecular complexity index is 507. The van der Waals surface area contributed by atoms with Gasteiger partial charge in [-0.1, -0.05) is 38.7 Å². The number of aliphatic hydroxyl groups is 4. The van der Waals surface area contributed by atoms with Crippen LogP contribution in [0.15, 0.2) is 18.2 Å². The lowest BCUT2D eigenvalue weighted by molar-refractivity contribution is -0.206. The molecule has 0 spiro atoms. The van der Waals surface area contributed by atoms with E-state index in [1.54, 1.807) is 12.1 Å². The van der Waals surface area contributed by atoms with Crippen molar-refractivity contribution in [3.8, 4) is 5.75 Å². The van der Waals surface area contributed by atoms with E-state index >= 15 is 0 Å². The highest BCUT2D eigenvalue weighted by atomic mass is 16.5. The predicted molar refractivity (Wildman–Crippen MR) is 95.3 cm³/mol. The van der Waals surface area contributed by atoms with Gasteiger partial charge in [-0.3, -0.25) is 0 Å². The first-order valence-electron chi connectivity index (χ1n) is 8.78. The maximum Gasteiger partial charge on any atom is 0.220 e. The molecule has 0 aliphatic carbocycles. The third kappa shape index (κ3) is 9.15. The minimum Gasteiger partial charge on any atom is -0.508 e. The fourth-order valence-corrected chi connectivity index (χ4v) is 2.74. The topological polar surface area (TPSA) is 125 Å². The third-order valence-corrected chi connectivity index (χ3v) is 3.83. The van der Waals surface area contributed by atoms with Gasteiger partial charge < -0.3 is 25.5 Å². The van der Waals surface area contributed by atoms with E-state index in [4.69, 9.17) is 0 Å². The van der Waals surface area contributed by atoms with Crippen molar-refractivity contribution in [3.63, 3.8) is 0 Å². The number of nitrogens with one attached hydrogen (secondary N) is 2. The lowest BCUT2D eigenvalue weighted by atomic mass is 9.98. The van der Waals surface area contributed by atoms with Crippen LogP contribution in [0.3, 0.4) is 0 Å². The lowest BCUT2D eigenvalue weighted by Gasteiger charge is -2.32. The summed E-state index contributed by atoms with van der Waals surface area (Å²) in [6.07, 6.45) is 5.29. The van der Waals surface area contributed by atoms with Crippen LogP contribution in [0.2, 0.25) is 0 Å². The highest BCUT2D eigenvalue weighted by molar-refractivity contribution is 5.37. The standard InChI is InChI=1S/C18H32N2O5/c1-4-5-6-7-8-9-13-10-11-14(21)12-15(13)16(19-17(2,22)23)20-18(3,24)25/h10-12,16,19-25H,4-9H2,1-3H3. The Labute approximate surface area is 149 Å². The van der Waals surface area contributed by atoms with E-state index in [0.29, 0.717) is 5.56 Å². The van der Waals surface area contributed by atoms with Crippen LogP contribution in [0, 0.1) is 0 Å². The zero-order valence-electron chi connectivity index (χ0n) is 15.3. The van der Waals surface area contributed by atoms with Gasteiger partial charge in [0.1, 0.15) is 5.75 Å². The Balaban J connectivity index is 2.99. The molecule has 0 aliphatic heterocycles. The summed E-state index contributed by atoms with van der Waals surface area (Å²) < 4.78 is 0. The van der Waals surface area contributed by atoms with Crippen molar-refractivity contribution >= 4 is 0 Å². The molecule has 1 aromatic rings. The molecule has 0 bridgehead atoms. The summed E-state index contributed by atoms with van der Waals surface area (Å²) in [5.41, 5.74) is 1.41. The molecule has 0 saturated heterocycles. The molecule has 144 valence electrons. The van der Waals surface area contributed by atoms with Crippen LogP contribution < -0.4 is 10.6 Å². The Morgan fingerprint density at radius 3 is 2.00 bits per heavy atom. The molecular formula is C18H32N2O5. The number of hydrogen-bond acceptors (Lipinski definition) is 7. The fraction of sp³-hybridized carbons (Fsp3) is 0.667. The highest BCUT2D eigenvalue weighted by Crippen LogP contribution is 2.25. The molecule has 0 fully saturated rings. The van der Waals surface area contributed by atoms with Gasteiger partial charge in [-0.25, -0.2) is 10.6 Å². The molecule has 0 heterocycles. The summed E-state index contributed by atoms with van der Waals surface area (Å²) >= 11 is 0. The first-order valence-corrected chi connectivity index (χ1v) is 8.78. The van der Waals surface area contributed by atoms with E-state index in [-0.39, 0.29) is 5.75 Å². The summed E-state index contributed by atoms with van der Waals surface area (Å²) in [6, 6.07) is 4.80. The third-order valence-electron chi connectivity index (χ3n) is 3.83. The fourth-order valence-electron chi connectivity index (χ4n) is 2.74. The van der Waals surface area contributed by atoms with Crippen LogP contribution in [-0.2, 0) is 6.42 Å². The van der Waals surface area contributed by atoms with Gasteiger partial charge in [0.25, 0.3) is 0 Å². The van der Waals surface area contributed by atoms with E-state index in [0.717, 1.165) is 51.5 Å². The normalized spacial score (nSPS) is 12.8. The molecule has 0 aromatic heterocycles. The summed E-state index contributed by atoms with van der Waals surface area (Å²) in [5, 5.41) is 53.4. The van der Waals surface area contributed by atoms with Gasteiger partial charge in [-0.15, -0.1) is 0 Å². The van der Waals surface area contributed by atoms with Crippen molar-refractivity contribution in [1.29, 1.82) is 0 Å². The van der Waals surface area contributed by atoms with Crippen LogP contribution in [0.1, 0.15) is 70.2 Å². The molecule has 25 heavy (non-hydrogen) atoms.